The van der Waals surface area contributed by atoms with Gasteiger partial charge in [0.25, 0.3) is 11.4 Å². The Morgan fingerprint density at radius 3 is 2.62 bits per heavy atom. The third-order valence-electron chi connectivity index (χ3n) is 6.18. The maximum Gasteiger partial charge on any atom is 0.276 e. The molecule has 10 heteroatoms. The van der Waals surface area contributed by atoms with Gasteiger partial charge in [0.15, 0.2) is 0 Å². The van der Waals surface area contributed by atoms with Crippen LogP contribution in [0.2, 0.25) is 0 Å². The van der Waals surface area contributed by atoms with E-state index >= 15 is 0 Å². The predicted octanol–water partition coefficient (Wildman–Crippen LogP) is 3.86. The summed E-state index contributed by atoms with van der Waals surface area (Å²) in [5, 5.41) is 36.9. The number of rotatable bonds is 8. The molecule has 0 spiro atoms. The molecule has 0 amide bonds. The van der Waals surface area contributed by atoms with Crippen molar-refractivity contribution in [1.82, 2.24) is 0 Å². The van der Waals surface area contributed by atoms with Crippen LogP contribution in [0.15, 0.2) is 35.5 Å². The Kier molecular flexibility index (Phi) is 5.42. The van der Waals surface area contributed by atoms with Crippen molar-refractivity contribution in [2.24, 2.45) is 22.4 Å². The van der Waals surface area contributed by atoms with Crippen LogP contribution in [0.3, 0.4) is 0 Å². The summed E-state index contributed by atoms with van der Waals surface area (Å²) in [6, 6.07) is 3.20. The number of hydrogen-bond donors (Lipinski definition) is 1. The van der Waals surface area contributed by atoms with Gasteiger partial charge < -0.3 is 20.4 Å². The minimum Gasteiger partial charge on any atom is -0.570 e. The summed E-state index contributed by atoms with van der Waals surface area (Å²) in [5.74, 6) is 0.148. The van der Waals surface area contributed by atoms with Crippen molar-refractivity contribution in [2.75, 3.05) is 7.11 Å². The van der Waals surface area contributed by atoms with E-state index in [-0.39, 0.29) is 29.3 Å². The van der Waals surface area contributed by atoms with Gasteiger partial charge in [0.2, 0.25) is 0 Å². The van der Waals surface area contributed by atoms with Crippen LogP contribution in [0.25, 0.3) is 5.43 Å². The molecule has 1 N–H and O–H groups in total. The Labute approximate surface area is 167 Å². The highest BCUT2D eigenvalue weighted by atomic mass is 16.6. The standard InChI is InChI=1S/C19H23N4O6/c1-18(2,24)19(12-4-6-14(19)17(10-12)29-3)8-9-20-21-15-7-5-13(22(25)26)11-16(15)23(27)28/h4-7,9,11-12,14,17,24H,8,10H2,1-3H3/q-1/b20-9+. The highest BCUT2D eigenvalue weighted by Gasteiger charge is 2.62. The van der Waals surface area contributed by atoms with Gasteiger partial charge in [0.1, 0.15) is 0 Å². The summed E-state index contributed by atoms with van der Waals surface area (Å²) in [7, 11) is 1.66. The predicted molar refractivity (Wildman–Crippen MR) is 106 cm³/mol. The minimum atomic E-state index is -1.01. The highest BCUT2D eigenvalue weighted by Crippen LogP contribution is 2.61. The molecule has 156 valence electrons. The van der Waals surface area contributed by atoms with Gasteiger partial charge in [-0.3, -0.25) is 20.2 Å². The number of nitro benzene ring substituents is 2. The second-order valence-corrected chi connectivity index (χ2v) is 7.92. The summed E-state index contributed by atoms with van der Waals surface area (Å²) < 4.78 is 5.58. The Morgan fingerprint density at radius 1 is 1.34 bits per heavy atom. The van der Waals surface area contributed by atoms with E-state index in [0.29, 0.717) is 6.42 Å². The van der Waals surface area contributed by atoms with Crippen molar-refractivity contribution in [1.29, 1.82) is 0 Å². The number of hydrogen-bond acceptors (Lipinski definition) is 7. The van der Waals surface area contributed by atoms with Gasteiger partial charge in [-0.1, -0.05) is 18.2 Å². The number of ether oxygens (including phenoxy) is 1. The van der Waals surface area contributed by atoms with E-state index in [1.54, 1.807) is 21.0 Å². The lowest BCUT2D eigenvalue weighted by atomic mass is 9.63. The van der Waals surface area contributed by atoms with Crippen molar-refractivity contribution in [3.05, 3.63) is 56.0 Å². The van der Waals surface area contributed by atoms with E-state index in [1.165, 1.54) is 12.3 Å². The first kappa shape index (κ1) is 20.9. The number of nitrogens with zero attached hydrogens (tertiary/aromatic N) is 4. The molecule has 0 aliphatic heterocycles. The van der Waals surface area contributed by atoms with Gasteiger partial charge in [-0.05, 0) is 44.5 Å². The number of fused-ring (bicyclic) bond motifs is 2. The summed E-state index contributed by atoms with van der Waals surface area (Å²) >= 11 is 0. The molecule has 3 rings (SSSR count). The normalized spacial score (nSPS) is 28.2. The largest absolute Gasteiger partial charge is 0.570 e. The van der Waals surface area contributed by atoms with Crippen LogP contribution in [-0.4, -0.2) is 40.0 Å². The molecule has 2 aliphatic carbocycles. The Balaban J connectivity index is 1.79. The number of methoxy groups -OCH3 is 1. The van der Waals surface area contributed by atoms with Crippen molar-refractivity contribution >= 4 is 23.3 Å². The van der Waals surface area contributed by atoms with Crippen LogP contribution in [0.4, 0.5) is 17.1 Å². The van der Waals surface area contributed by atoms with Gasteiger partial charge in [0.05, 0.1) is 27.6 Å². The summed E-state index contributed by atoms with van der Waals surface area (Å²) in [5.41, 5.74) is 1.42. The average Bonchev–Trinajstić information content (AvgIpc) is 3.17. The van der Waals surface area contributed by atoms with Crippen LogP contribution in [0.1, 0.15) is 26.7 Å². The molecule has 1 aromatic rings. The lowest BCUT2D eigenvalue weighted by Gasteiger charge is -2.44. The Hall–Kier alpha value is -2.85. The topological polar surface area (TPSA) is 142 Å². The molecule has 0 heterocycles. The van der Waals surface area contributed by atoms with Crippen LogP contribution in [0.5, 0.6) is 0 Å². The van der Waals surface area contributed by atoms with Gasteiger partial charge in [0, 0.05) is 24.5 Å². The maximum absolute atomic E-state index is 11.2. The Morgan fingerprint density at radius 2 is 2.07 bits per heavy atom. The molecule has 0 aromatic heterocycles. The number of aliphatic hydroxyl groups is 1. The third kappa shape index (κ3) is 3.49. The van der Waals surface area contributed by atoms with E-state index in [1.807, 2.05) is 0 Å². The number of benzene rings is 1. The smallest absolute Gasteiger partial charge is 0.276 e. The van der Waals surface area contributed by atoms with Crippen molar-refractivity contribution in [3.8, 4) is 0 Å². The minimum absolute atomic E-state index is 0.0116. The van der Waals surface area contributed by atoms with Crippen LogP contribution < -0.4 is 0 Å². The van der Waals surface area contributed by atoms with Gasteiger partial charge >= 0.3 is 0 Å². The lowest BCUT2D eigenvalue weighted by molar-refractivity contribution is -0.393. The fourth-order valence-electron chi connectivity index (χ4n) is 4.78. The zero-order chi connectivity index (χ0) is 21.4. The van der Waals surface area contributed by atoms with E-state index in [2.05, 4.69) is 22.7 Å². The van der Waals surface area contributed by atoms with Crippen molar-refractivity contribution in [3.63, 3.8) is 0 Å². The summed E-state index contributed by atoms with van der Waals surface area (Å²) in [6.07, 6.45) is 6.94. The number of nitro groups is 2. The molecule has 2 aliphatic rings. The van der Waals surface area contributed by atoms with Crippen LogP contribution in [0, 0.1) is 37.5 Å². The maximum atomic E-state index is 11.2. The molecule has 0 saturated heterocycles. The molecule has 29 heavy (non-hydrogen) atoms. The van der Waals surface area contributed by atoms with Crippen molar-refractivity contribution in [2.45, 2.75) is 38.4 Å². The highest BCUT2D eigenvalue weighted by molar-refractivity contribution is 5.70. The molecule has 1 saturated carbocycles. The molecule has 0 radical (unpaired) electrons. The molecule has 4 atom stereocenters. The fourth-order valence-corrected chi connectivity index (χ4v) is 4.78. The Bertz CT molecular complexity index is 878. The number of non-ortho nitro benzene ring substituents is 1. The zero-order valence-corrected chi connectivity index (χ0v) is 16.4. The van der Waals surface area contributed by atoms with Gasteiger partial charge in [-0.15, -0.1) is 0 Å². The van der Waals surface area contributed by atoms with E-state index in [9.17, 15) is 25.3 Å². The molecule has 2 bridgehead atoms. The van der Waals surface area contributed by atoms with E-state index in [4.69, 9.17) is 4.74 Å². The van der Waals surface area contributed by atoms with Gasteiger partial charge in [-0.2, -0.15) is 0 Å². The zero-order valence-electron chi connectivity index (χ0n) is 16.4. The fraction of sp³-hybridized carbons (Fsp3) is 0.526. The second kappa shape index (κ2) is 7.53. The first-order chi connectivity index (χ1) is 13.6. The second-order valence-electron chi connectivity index (χ2n) is 7.92. The van der Waals surface area contributed by atoms with Crippen LogP contribution >= 0.6 is 0 Å². The molecule has 4 unspecified atom stereocenters. The first-order valence-electron chi connectivity index (χ1n) is 9.20. The van der Waals surface area contributed by atoms with Crippen LogP contribution in [-0.2, 0) is 4.74 Å². The summed E-state index contributed by atoms with van der Waals surface area (Å²) in [4.78, 5) is 20.6. The molecule has 10 nitrogen and oxygen atoms in total. The molecular weight excluding hydrogens is 380 g/mol. The molecule has 1 aromatic carbocycles. The van der Waals surface area contributed by atoms with Gasteiger partial charge in [-0.25, -0.2) is 0 Å². The lowest BCUT2D eigenvalue weighted by Crippen LogP contribution is -2.49. The first-order valence-corrected chi connectivity index (χ1v) is 9.20. The van der Waals surface area contributed by atoms with E-state index in [0.717, 1.165) is 18.6 Å². The SMILES string of the molecule is COC1CC2C=CC1C2(C/C=N/[N-]c1ccc([N+](=O)[O-])cc1[N+](=O)[O-])C(C)(C)O. The average molecular weight is 403 g/mol. The molecule has 1 fully saturated rings. The molecular formula is C19H23N4O6-. The summed E-state index contributed by atoms with van der Waals surface area (Å²) in [6.45, 7) is 3.54. The number of allylic oxidation sites excluding steroid dienone is 1. The van der Waals surface area contributed by atoms with Crippen molar-refractivity contribution < 1.29 is 19.7 Å². The monoisotopic (exact) mass is 403 g/mol. The van der Waals surface area contributed by atoms with E-state index < -0.39 is 26.6 Å². The third-order valence-corrected chi connectivity index (χ3v) is 6.18. The quantitative estimate of drug-likeness (QED) is 0.302.